The van der Waals surface area contributed by atoms with Crippen molar-refractivity contribution in [1.29, 1.82) is 0 Å². The molecule has 1 aromatic heterocycles. The molecule has 2 aromatic rings. The van der Waals surface area contributed by atoms with Crippen LogP contribution in [-0.2, 0) is 16.8 Å². The summed E-state index contributed by atoms with van der Waals surface area (Å²) < 4.78 is 5.29. The lowest BCUT2D eigenvalue weighted by Crippen LogP contribution is -2.43. The van der Waals surface area contributed by atoms with Gasteiger partial charge in [0.25, 0.3) is 0 Å². The molecule has 0 fully saturated rings. The number of nitrogens with one attached hydrogen (secondary N) is 1. The average Bonchev–Trinajstić information content (AvgIpc) is 3.01. The SMILES string of the molecule is COCC(Cc1ccccc1)NCC(C)(O)c1ccsc1. The van der Waals surface area contributed by atoms with Crippen molar-refractivity contribution in [2.75, 3.05) is 20.3 Å². The van der Waals surface area contributed by atoms with Crippen molar-refractivity contribution in [3.05, 3.63) is 58.3 Å². The second-order valence-electron chi connectivity index (χ2n) is 5.51. The average molecular weight is 305 g/mol. The molecule has 0 amide bonds. The van der Waals surface area contributed by atoms with Crippen molar-refractivity contribution in [3.8, 4) is 0 Å². The first kappa shape index (κ1) is 16.2. The van der Waals surface area contributed by atoms with Gasteiger partial charge in [-0.05, 0) is 41.3 Å². The molecule has 0 aliphatic carbocycles. The van der Waals surface area contributed by atoms with Crippen LogP contribution in [0.5, 0.6) is 0 Å². The summed E-state index contributed by atoms with van der Waals surface area (Å²) >= 11 is 1.60. The van der Waals surface area contributed by atoms with E-state index in [2.05, 4.69) is 17.4 Å². The fourth-order valence-electron chi connectivity index (χ4n) is 2.31. The molecule has 2 unspecified atom stereocenters. The van der Waals surface area contributed by atoms with Crippen LogP contribution < -0.4 is 5.32 Å². The number of hydrogen-bond acceptors (Lipinski definition) is 4. The fraction of sp³-hybridized carbons (Fsp3) is 0.412. The molecule has 114 valence electrons. The Morgan fingerprint density at radius 1 is 1.29 bits per heavy atom. The zero-order valence-corrected chi connectivity index (χ0v) is 13.4. The molecule has 21 heavy (non-hydrogen) atoms. The molecule has 2 atom stereocenters. The molecular formula is C17H23NO2S. The third-order valence-electron chi connectivity index (χ3n) is 3.57. The molecular weight excluding hydrogens is 282 g/mol. The first-order valence-corrected chi connectivity index (χ1v) is 8.07. The van der Waals surface area contributed by atoms with Crippen LogP contribution >= 0.6 is 11.3 Å². The second kappa shape index (κ2) is 7.71. The minimum absolute atomic E-state index is 0.183. The zero-order valence-electron chi connectivity index (χ0n) is 12.6. The Balaban J connectivity index is 1.94. The summed E-state index contributed by atoms with van der Waals surface area (Å²) in [4.78, 5) is 0. The summed E-state index contributed by atoms with van der Waals surface area (Å²) in [5.74, 6) is 0. The Morgan fingerprint density at radius 3 is 2.67 bits per heavy atom. The van der Waals surface area contributed by atoms with Crippen molar-refractivity contribution in [2.24, 2.45) is 0 Å². The molecule has 0 spiro atoms. The summed E-state index contributed by atoms with van der Waals surface area (Å²) in [6.07, 6.45) is 0.883. The van der Waals surface area contributed by atoms with Gasteiger partial charge in [-0.1, -0.05) is 30.3 Å². The normalized spacial score (nSPS) is 15.6. The minimum atomic E-state index is -0.858. The fourth-order valence-corrected chi connectivity index (χ4v) is 3.09. The first-order chi connectivity index (χ1) is 10.1. The minimum Gasteiger partial charge on any atom is -0.384 e. The highest BCUT2D eigenvalue weighted by atomic mass is 32.1. The van der Waals surface area contributed by atoms with E-state index in [1.807, 2.05) is 41.9 Å². The van der Waals surface area contributed by atoms with E-state index >= 15 is 0 Å². The van der Waals surface area contributed by atoms with Gasteiger partial charge in [0.2, 0.25) is 0 Å². The third-order valence-corrected chi connectivity index (χ3v) is 4.25. The predicted octanol–water partition coefficient (Wildman–Crippen LogP) is 2.80. The lowest BCUT2D eigenvalue weighted by atomic mass is 9.98. The largest absolute Gasteiger partial charge is 0.384 e. The molecule has 3 nitrogen and oxygen atoms in total. The Morgan fingerprint density at radius 2 is 2.05 bits per heavy atom. The Labute approximate surface area is 130 Å². The van der Waals surface area contributed by atoms with Gasteiger partial charge in [0, 0.05) is 19.7 Å². The lowest BCUT2D eigenvalue weighted by molar-refractivity contribution is 0.0492. The van der Waals surface area contributed by atoms with E-state index in [1.54, 1.807) is 18.4 Å². The van der Waals surface area contributed by atoms with Gasteiger partial charge in [-0.15, -0.1) is 0 Å². The van der Waals surface area contributed by atoms with Gasteiger partial charge in [0.05, 0.1) is 12.2 Å². The number of aliphatic hydroxyl groups is 1. The monoisotopic (exact) mass is 305 g/mol. The lowest BCUT2D eigenvalue weighted by Gasteiger charge is -2.27. The highest BCUT2D eigenvalue weighted by molar-refractivity contribution is 7.08. The van der Waals surface area contributed by atoms with Gasteiger partial charge in [-0.3, -0.25) is 0 Å². The van der Waals surface area contributed by atoms with Crippen LogP contribution in [0.15, 0.2) is 47.2 Å². The zero-order chi connectivity index (χ0) is 15.1. The van der Waals surface area contributed by atoms with Crippen molar-refractivity contribution >= 4 is 11.3 Å². The van der Waals surface area contributed by atoms with E-state index in [-0.39, 0.29) is 6.04 Å². The molecule has 0 saturated heterocycles. The van der Waals surface area contributed by atoms with Crippen LogP contribution in [0.3, 0.4) is 0 Å². The summed E-state index contributed by atoms with van der Waals surface area (Å²) in [7, 11) is 1.71. The Hall–Kier alpha value is -1.20. The topological polar surface area (TPSA) is 41.5 Å². The number of hydrogen-bond donors (Lipinski definition) is 2. The quantitative estimate of drug-likeness (QED) is 0.788. The van der Waals surface area contributed by atoms with Crippen LogP contribution in [0.25, 0.3) is 0 Å². The predicted molar refractivity (Wildman–Crippen MR) is 87.7 cm³/mol. The van der Waals surface area contributed by atoms with E-state index in [4.69, 9.17) is 4.74 Å². The summed E-state index contributed by atoms with van der Waals surface area (Å²) in [6, 6.07) is 12.5. The van der Waals surface area contributed by atoms with Gasteiger partial charge in [0.1, 0.15) is 0 Å². The smallest absolute Gasteiger partial charge is 0.1000 e. The maximum absolute atomic E-state index is 10.6. The Kier molecular flexibility index (Phi) is 5.94. The molecule has 4 heteroatoms. The standard InChI is InChI=1S/C17H23NO2S/c1-17(19,15-8-9-21-12-15)13-18-16(11-20-2)10-14-6-4-3-5-7-14/h3-9,12,16,18-19H,10-11,13H2,1-2H3. The molecule has 2 rings (SSSR count). The number of methoxy groups -OCH3 is 1. The van der Waals surface area contributed by atoms with Crippen molar-refractivity contribution in [1.82, 2.24) is 5.32 Å². The molecule has 0 aliphatic rings. The molecule has 1 aromatic carbocycles. The second-order valence-corrected chi connectivity index (χ2v) is 6.29. The van der Waals surface area contributed by atoms with E-state index in [1.165, 1.54) is 5.56 Å². The number of thiophene rings is 1. The van der Waals surface area contributed by atoms with Crippen LogP contribution in [0.2, 0.25) is 0 Å². The number of rotatable bonds is 8. The maximum Gasteiger partial charge on any atom is 0.1000 e. The van der Waals surface area contributed by atoms with Crippen molar-refractivity contribution < 1.29 is 9.84 Å². The van der Waals surface area contributed by atoms with E-state index in [0.717, 1.165) is 12.0 Å². The summed E-state index contributed by atoms with van der Waals surface area (Å²) in [5.41, 5.74) is 1.36. The van der Waals surface area contributed by atoms with Crippen LogP contribution in [-0.4, -0.2) is 31.4 Å². The van der Waals surface area contributed by atoms with Crippen molar-refractivity contribution in [2.45, 2.75) is 25.0 Å². The maximum atomic E-state index is 10.6. The van der Waals surface area contributed by atoms with E-state index in [9.17, 15) is 5.11 Å². The number of benzene rings is 1. The van der Waals surface area contributed by atoms with E-state index in [0.29, 0.717) is 13.2 Å². The van der Waals surface area contributed by atoms with Gasteiger partial charge < -0.3 is 15.2 Å². The molecule has 0 aliphatic heterocycles. The molecule has 2 N–H and O–H groups in total. The molecule has 1 heterocycles. The van der Waals surface area contributed by atoms with Crippen molar-refractivity contribution in [3.63, 3.8) is 0 Å². The first-order valence-electron chi connectivity index (χ1n) is 7.13. The van der Waals surface area contributed by atoms with E-state index < -0.39 is 5.60 Å². The number of ether oxygens (including phenoxy) is 1. The Bertz CT molecular complexity index is 511. The van der Waals surface area contributed by atoms with Gasteiger partial charge in [-0.2, -0.15) is 11.3 Å². The molecule has 0 bridgehead atoms. The van der Waals surface area contributed by atoms with Crippen LogP contribution in [0.4, 0.5) is 0 Å². The third kappa shape index (κ3) is 4.93. The summed E-state index contributed by atoms with van der Waals surface area (Å²) in [5, 5.41) is 18.0. The molecule has 0 radical (unpaired) electrons. The van der Waals surface area contributed by atoms with Gasteiger partial charge >= 0.3 is 0 Å². The summed E-state index contributed by atoms with van der Waals surface area (Å²) in [6.45, 7) is 2.97. The molecule has 0 saturated carbocycles. The van der Waals surface area contributed by atoms with Gasteiger partial charge in [0.15, 0.2) is 0 Å². The highest BCUT2D eigenvalue weighted by Gasteiger charge is 2.24. The van der Waals surface area contributed by atoms with Gasteiger partial charge in [-0.25, -0.2) is 0 Å². The highest BCUT2D eigenvalue weighted by Crippen LogP contribution is 2.22. The van der Waals surface area contributed by atoms with Crippen LogP contribution in [0.1, 0.15) is 18.1 Å². The van der Waals surface area contributed by atoms with Crippen LogP contribution in [0, 0.1) is 0 Å².